The second kappa shape index (κ2) is 23.4. The Morgan fingerprint density at radius 1 is 0.475 bits per heavy atom. The summed E-state index contributed by atoms with van der Waals surface area (Å²) >= 11 is 0. The van der Waals surface area contributed by atoms with E-state index in [-0.39, 0.29) is 57.3 Å². The summed E-state index contributed by atoms with van der Waals surface area (Å²) in [5, 5.41) is 44.2. The summed E-state index contributed by atoms with van der Waals surface area (Å²) in [4.78, 5) is 51.3. The summed E-state index contributed by atoms with van der Waals surface area (Å²) in [6, 6.07) is 16.8. The Kier molecular flexibility index (Phi) is 24.8. The third kappa shape index (κ3) is 18.5. The Labute approximate surface area is 255 Å². The first-order chi connectivity index (χ1) is 17.1. The van der Waals surface area contributed by atoms with Gasteiger partial charge >= 0.3 is 40.8 Å². The standard InChI is InChI=1S/C18H12N6.3NO3.Nd.3H2O/c1-4-10-19-13(7-1)16-22-17(14-8-2-5-11-20-14)24-18(23-16)15-9-3-6-12-21-15;3*2-1(3)4;;;;/h1-12H;;;;;3*1H2/q;3*-1;+3;;;/p+1. The maximum Gasteiger partial charge on any atom is 3.00 e. The van der Waals surface area contributed by atoms with Crippen LogP contribution < -0.4 is 0 Å². The molecule has 0 aromatic carbocycles. The van der Waals surface area contributed by atoms with Gasteiger partial charge in [-0.05, 0) is 36.4 Å². The van der Waals surface area contributed by atoms with E-state index < -0.39 is 15.3 Å². The van der Waals surface area contributed by atoms with Crippen LogP contribution in [-0.4, -0.2) is 56.1 Å². The molecule has 211 valence electrons. The smallest absolute Gasteiger partial charge is 0.457 e. The molecule has 7 N–H and O–H groups in total. The van der Waals surface area contributed by atoms with Gasteiger partial charge in [-0.2, -0.15) is 0 Å². The van der Waals surface area contributed by atoms with Gasteiger partial charge in [0.1, 0.15) is 17.1 Å². The molecule has 0 amide bonds. The van der Waals surface area contributed by atoms with E-state index in [1.165, 1.54) is 0 Å². The van der Waals surface area contributed by atoms with E-state index in [1.807, 2.05) is 54.6 Å². The summed E-state index contributed by atoms with van der Waals surface area (Å²) in [6.45, 7) is 0. The van der Waals surface area contributed by atoms with E-state index in [1.54, 1.807) is 18.6 Å². The summed E-state index contributed by atoms with van der Waals surface area (Å²) in [5.41, 5.74) is 2.03. The zero-order valence-electron chi connectivity index (χ0n) is 19.7. The predicted molar refractivity (Wildman–Crippen MR) is 133 cm³/mol. The molecule has 0 saturated carbocycles. The SMILES string of the molecule is O.O.O=[N+]([O-])[O-].O=[N+]([O-])[O-].O=[N+]([O-])[O-].[Nd+3].[OH3+].c1ccc(-c2nc(-c3ccccn3)nc(-c3ccccn3)n2)nc1. The molecule has 0 unspecified atom stereocenters. The van der Waals surface area contributed by atoms with Gasteiger partial charge in [0.15, 0.2) is 17.5 Å². The monoisotopic (exact) mass is 695 g/mol. The Morgan fingerprint density at radius 3 is 0.825 bits per heavy atom. The summed E-state index contributed by atoms with van der Waals surface area (Å²) in [5.74, 6) is 1.48. The van der Waals surface area contributed by atoms with Crippen LogP contribution >= 0.6 is 0 Å². The third-order valence-electron chi connectivity index (χ3n) is 3.32. The van der Waals surface area contributed by atoms with E-state index in [0.717, 1.165) is 0 Å². The van der Waals surface area contributed by atoms with Crippen LogP contribution in [0.3, 0.4) is 0 Å². The van der Waals surface area contributed by atoms with E-state index in [2.05, 4.69) is 29.9 Å². The number of hydrogen-bond acceptors (Lipinski definition) is 15. The van der Waals surface area contributed by atoms with Gasteiger partial charge < -0.3 is 62.4 Å². The van der Waals surface area contributed by atoms with Crippen LogP contribution in [-0.2, 0) is 5.48 Å². The molecule has 1 radical (unpaired) electrons. The maximum absolute atomic E-state index is 8.25. The van der Waals surface area contributed by atoms with Gasteiger partial charge in [-0.1, -0.05) is 18.2 Å². The first-order valence-electron chi connectivity index (χ1n) is 9.05. The summed E-state index contributed by atoms with van der Waals surface area (Å²) in [6.07, 6.45) is 5.13. The van der Waals surface area contributed by atoms with E-state index >= 15 is 0 Å². The molecule has 4 aromatic rings. The van der Waals surface area contributed by atoms with E-state index in [9.17, 15) is 0 Å². The molecule has 0 aliphatic heterocycles. The molecule has 4 heterocycles. The third-order valence-corrected chi connectivity index (χ3v) is 3.32. The molecule has 0 saturated heterocycles. The van der Waals surface area contributed by atoms with Gasteiger partial charge in [0.2, 0.25) is 0 Å². The first kappa shape index (κ1) is 42.4. The molecule has 0 aliphatic carbocycles. The van der Waals surface area contributed by atoms with Gasteiger partial charge in [0.25, 0.3) is 0 Å². The van der Waals surface area contributed by atoms with Crippen LogP contribution in [0.25, 0.3) is 34.6 Å². The van der Waals surface area contributed by atoms with Crippen LogP contribution in [0.15, 0.2) is 73.2 Å². The van der Waals surface area contributed by atoms with Crippen molar-refractivity contribution in [2.45, 2.75) is 0 Å². The van der Waals surface area contributed by atoms with Crippen molar-refractivity contribution in [3.8, 4) is 34.6 Å². The number of nitrogens with zero attached hydrogens (tertiary/aromatic N) is 9. The fourth-order valence-electron chi connectivity index (χ4n) is 2.20. The predicted octanol–water partition coefficient (Wildman–Crippen LogP) is -0.231. The largest absolute Gasteiger partial charge is 3.00 e. The van der Waals surface area contributed by atoms with E-state index in [0.29, 0.717) is 34.6 Å². The van der Waals surface area contributed by atoms with E-state index in [4.69, 9.17) is 46.0 Å². The molecule has 0 aliphatic rings. The first-order valence-corrected chi connectivity index (χ1v) is 9.05. The Hall–Kier alpha value is -4.71. The quantitative estimate of drug-likeness (QED) is 0.151. The molecule has 0 atom stereocenters. The van der Waals surface area contributed by atoms with Crippen LogP contribution in [0.1, 0.15) is 0 Å². The molecule has 40 heavy (non-hydrogen) atoms. The average molecular weight is 698 g/mol. The number of pyridine rings is 3. The normalized spacial score (nSPS) is 8.10. The molecular formula is C18H19N9NdO12+. The minimum atomic E-state index is -1.75. The Balaban J connectivity index is -0.000000349. The maximum atomic E-state index is 8.25. The molecule has 0 spiro atoms. The van der Waals surface area contributed by atoms with Crippen LogP contribution in [0.4, 0.5) is 0 Å². The van der Waals surface area contributed by atoms with Crippen molar-refractivity contribution in [1.29, 1.82) is 0 Å². The second-order valence-electron chi connectivity index (χ2n) is 5.62. The van der Waals surface area contributed by atoms with Crippen molar-refractivity contribution in [2.75, 3.05) is 0 Å². The van der Waals surface area contributed by atoms with Crippen molar-refractivity contribution in [3.63, 3.8) is 0 Å². The molecule has 4 aromatic heterocycles. The molecule has 21 nitrogen and oxygen atoms in total. The van der Waals surface area contributed by atoms with Gasteiger partial charge in [-0.15, -0.1) is 0 Å². The average Bonchev–Trinajstić information content (AvgIpc) is 2.84. The van der Waals surface area contributed by atoms with Gasteiger partial charge in [0, 0.05) is 18.6 Å². The van der Waals surface area contributed by atoms with Gasteiger partial charge in [-0.3, -0.25) is 15.0 Å². The number of hydrogen-bond donors (Lipinski definition) is 0. The molecule has 4 rings (SSSR count). The second-order valence-corrected chi connectivity index (χ2v) is 5.62. The van der Waals surface area contributed by atoms with Crippen molar-refractivity contribution in [2.24, 2.45) is 0 Å². The van der Waals surface area contributed by atoms with Gasteiger partial charge in [0.05, 0.1) is 15.3 Å². The number of aromatic nitrogens is 6. The van der Waals surface area contributed by atoms with Crippen molar-refractivity contribution >= 4 is 0 Å². The molecule has 22 heteroatoms. The minimum absolute atomic E-state index is 0. The Bertz CT molecular complexity index is 1080. The minimum Gasteiger partial charge on any atom is -0.457 e. The molecular weight excluding hydrogens is 678 g/mol. The fourth-order valence-corrected chi connectivity index (χ4v) is 2.20. The van der Waals surface area contributed by atoms with Crippen molar-refractivity contribution in [1.82, 2.24) is 29.9 Å². The van der Waals surface area contributed by atoms with Crippen LogP contribution in [0.5, 0.6) is 0 Å². The van der Waals surface area contributed by atoms with Gasteiger partial charge in [-0.25, -0.2) is 15.0 Å². The zero-order chi connectivity index (χ0) is 26.9. The zero-order valence-corrected chi connectivity index (χ0v) is 22.9. The Morgan fingerprint density at radius 2 is 0.675 bits per heavy atom. The fraction of sp³-hybridized carbons (Fsp3) is 0. The molecule has 0 fully saturated rings. The number of rotatable bonds is 3. The van der Waals surface area contributed by atoms with Crippen LogP contribution in [0, 0.1) is 86.8 Å². The van der Waals surface area contributed by atoms with Crippen LogP contribution in [0.2, 0.25) is 0 Å². The summed E-state index contributed by atoms with van der Waals surface area (Å²) < 4.78 is 0. The summed E-state index contributed by atoms with van der Waals surface area (Å²) in [7, 11) is 0. The van der Waals surface area contributed by atoms with Crippen molar-refractivity contribution in [3.05, 3.63) is 119 Å². The molecule has 0 bridgehead atoms. The van der Waals surface area contributed by atoms with Crippen molar-refractivity contribution < 1.29 is 72.5 Å². The topological polar surface area (TPSA) is 372 Å².